The van der Waals surface area contributed by atoms with E-state index in [1.54, 1.807) is 13.1 Å². The molecule has 1 N–H and O–H groups in total. The highest BCUT2D eigenvalue weighted by Gasteiger charge is 2.18. The molecule has 0 saturated carbocycles. The molecular formula is C19H17N3O3S. The lowest BCUT2D eigenvalue weighted by atomic mass is 10.0. The summed E-state index contributed by atoms with van der Waals surface area (Å²) in [5, 5.41) is 3.47. The Kier molecular flexibility index (Phi) is 4.30. The molecule has 0 unspecified atom stereocenters. The van der Waals surface area contributed by atoms with Crippen molar-refractivity contribution in [2.24, 2.45) is 0 Å². The highest BCUT2D eigenvalue weighted by molar-refractivity contribution is 7.22. The molecule has 132 valence electrons. The van der Waals surface area contributed by atoms with Crippen molar-refractivity contribution < 1.29 is 14.3 Å². The number of anilines is 2. The average molecular weight is 367 g/mol. The van der Waals surface area contributed by atoms with Gasteiger partial charge < -0.3 is 10.1 Å². The Bertz CT molecular complexity index is 966. The molecule has 2 amide bonds. The van der Waals surface area contributed by atoms with Crippen LogP contribution in [0.2, 0.25) is 0 Å². The average Bonchev–Trinajstić information content (AvgIpc) is 3.09. The van der Waals surface area contributed by atoms with Crippen molar-refractivity contribution in [3.8, 4) is 5.75 Å². The number of hydrogen-bond donors (Lipinski definition) is 1. The number of aryl methyl sites for hydroxylation is 1. The third-order valence-corrected chi connectivity index (χ3v) is 5.39. The van der Waals surface area contributed by atoms with Gasteiger partial charge in [0, 0.05) is 19.2 Å². The number of amides is 2. The Hall–Kier alpha value is -2.93. The third-order valence-electron chi connectivity index (χ3n) is 4.28. The number of carbonyl (C=O) groups excluding carboxylic acids is 2. The molecule has 1 aromatic heterocycles. The van der Waals surface area contributed by atoms with E-state index in [0.717, 1.165) is 21.5 Å². The van der Waals surface area contributed by atoms with Crippen LogP contribution >= 0.6 is 11.3 Å². The summed E-state index contributed by atoms with van der Waals surface area (Å²) in [6, 6.07) is 13.2. The highest BCUT2D eigenvalue weighted by atomic mass is 32.1. The van der Waals surface area contributed by atoms with Crippen LogP contribution in [0, 0.1) is 0 Å². The maximum absolute atomic E-state index is 12.4. The van der Waals surface area contributed by atoms with E-state index in [2.05, 4.69) is 10.3 Å². The van der Waals surface area contributed by atoms with Crippen molar-refractivity contribution in [3.05, 3.63) is 48.0 Å². The SMILES string of the molecule is CN(C(=O)COc1ccc2c(c1)CCC(=O)N2)c1nc2ccccc2s1. The minimum absolute atomic E-state index is 0.0267. The largest absolute Gasteiger partial charge is 0.484 e. The van der Waals surface area contributed by atoms with Crippen LogP contribution in [0.4, 0.5) is 10.8 Å². The number of nitrogens with zero attached hydrogens (tertiary/aromatic N) is 2. The number of likely N-dealkylation sites (N-methyl/N-ethyl adjacent to an activating group) is 1. The van der Waals surface area contributed by atoms with Crippen molar-refractivity contribution in [3.63, 3.8) is 0 Å². The minimum atomic E-state index is -0.171. The van der Waals surface area contributed by atoms with Crippen LogP contribution < -0.4 is 15.0 Å². The molecule has 3 aromatic rings. The zero-order valence-corrected chi connectivity index (χ0v) is 15.0. The first-order chi connectivity index (χ1) is 12.6. The molecule has 0 saturated heterocycles. The first kappa shape index (κ1) is 16.5. The smallest absolute Gasteiger partial charge is 0.266 e. The molecule has 2 aromatic carbocycles. The lowest BCUT2D eigenvalue weighted by Gasteiger charge is -2.18. The summed E-state index contributed by atoms with van der Waals surface area (Å²) < 4.78 is 6.69. The van der Waals surface area contributed by atoms with Gasteiger partial charge in [-0.1, -0.05) is 23.5 Å². The van der Waals surface area contributed by atoms with E-state index in [-0.39, 0.29) is 18.4 Å². The van der Waals surface area contributed by atoms with Crippen LogP contribution in [-0.4, -0.2) is 30.5 Å². The molecular weight excluding hydrogens is 350 g/mol. The molecule has 0 spiro atoms. The number of rotatable bonds is 4. The van der Waals surface area contributed by atoms with Crippen molar-refractivity contribution in [1.29, 1.82) is 0 Å². The standard InChI is InChI=1S/C19H17N3O3S/c1-22(19-21-15-4-2-3-5-16(15)26-19)18(24)11-25-13-7-8-14-12(10-13)6-9-17(23)20-14/h2-5,7-8,10H,6,9,11H2,1H3,(H,20,23). The van der Waals surface area contributed by atoms with Gasteiger partial charge in [-0.15, -0.1) is 0 Å². The Labute approximate surface area is 154 Å². The number of aromatic nitrogens is 1. The first-order valence-corrected chi connectivity index (χ1v) is 9.09. The molecule has 0 atom stereocenters. The van der Waals surface area contributed by atoms with Gasteiger partial charge in [-0.25, -0.2) is 4.98 Å². The van der Waals surface area contributed by atoms with Crippen molar-refractivity contribution >= 4 is 44.2 Å². The van der Waals surface area contributed by atoms with Gasteiger partial charge in [-0.3, -0.25) is 14.5 Å². The number of ether oxygens (including phenoxy) is 1. The normalized spacial score (nSPS) is 13.2. The molecule has 0 radical (unpaired) electrons. The summed E-state index contributed by atoms with van der Waals surface area (Å²) in [6.45, 7) is -0.0719. The van der Waals surface area contributed by atoms with Gasteiger partial charge in [0.2, 0.25) is 5.91 Å². The lowest BCUT2D eigenvalue weighted by Crippen LogP contribution is -2.31. The van der Waals surface area contributed by atoms with Gasteiger partial charge in [-0.05, 0) is 42.3 Å². The van der Waals surface area contributed by atoms with E-state index < -0.39 is 0 Å². The molecule has 1 aliphatic rings. The molecule has 6 nitrogen and oxygen atoms in total. The van der Waals surface area contributed by atoms with E-state index in [1.165, 1.54) is 16.2 Å². The van der Waals surface area contributed by atoms with Crippen LogP contribution in [0.25, 0.3) is 10.2 Å². The van der Waals surface area contributed by atoms with Crippen LogP contribution in [-0.2, 0) is 16.0 Å². The fourth-order valence-electron chi connectivity index (χ4n) is 2.80. The second-order valence-electron chi connectivity index (χ2n) is 6.07. The molecule has 0 fully saturated rings. The van der Waals surface area contributed by atoms with Gasteiger partial charge in [0.1, 0.15) is 5.75 Å². The Morgan fingerprint density at radius 2 is 2.12 bits per heavy atom. The molecule has 4 rings (SSSR count). The summed E-state index contributed by atoms with van der Waals surface area (Å²) >= 11 is 1.47. The summed E-state index contributed by atoms with van der Waals surface area (Å²) in [4.78, 5) is 29.8. The summed E-state index contributed by atoms with van der Waals surface area (Å²) in [6.07, 6.45) is 1.15. The van der Waals surface area contributed by atoms with Crippen LogP contribution in [0.5, 0.6) is 5.75 Å². The van der Waals surface area contributed by atoms with Crippen LogP contribution in [0.1, 0.15) is 12.0 Å². The van der Waals surface area contributed by atoms with Gasteiger partial charge in [0.05, 0.1) is 10.2 Å². The van der Waals surface area contributed by atoms with Crippen LogP contribution in [0.3, 0.4) is 0 Å². The summed E-state index contributed by atoms with van der Waals surface area (Å²) in [5.41, 5.74) is 2.71. The summed E-state index contributed by atoms with van der Waals surface area (Å²) in [7, 11) is 1.70. The number of carbonyl (C=O) groups is 2. The van der Waals surface area contributed by atoms with E-state index in [9.17, 15) is 9.59 Å². The number of fused-ring (bicyclic) bond motifs is 2. The molecule has 0 aliphatic carbocycles. The second-order valence-corrected chi connectivity index (χ2v) is 7.08. The van der Waals surface area contributed by atoms with Gasteiger partial charge in [0.15, 0.2) is 11.7 Å². The maximum Gasteiger partial charge on any atom is 0.266 e. The monoisotopic (exact) mass is 367 g/mol. The topological polar surface area (TPSA) is 71.5 Å². The van der Waals surface area contributed by atoms with Gasteiger partial charge in [0.25, 0.3) is 5.91 Å². The van der Waals surface area contributed by atoms with Crippen molar-refractivity contribution in [2.45, 2.75) is 12.8 Å². The van der Waals surface area contributed by atoms with Gasteiger partial charge in [-0.2, -0.15) is 0 Å². The maximum atomic E-state index is 12.4. The molecule has 1 aliphatic heterocycles. The van der Waals surface area contributed by atoms with E-state index in [1.807, 2.05) is 36.4 Å². The second kappa shape index (κ2) is 6.76. The number of para-hydroxylation sites is 1. The number of hydrogen-bond acceptors (Lipinski definition) is 5. The quantitative estimate of drug-likeness (QED) is 0.769. The Morgan fingerprint density at radius 3 is 2.96 bits per heavy atom. The third kappa shape index (κ3) is 3.25. The van der Waals surface area contributed by atoms with Gasteiger partial charge >= 0.3 is 0 Å². The minimum Gasteiger partial charge on any atom is -0.484 e. The fraction of sp³-hybridized carbons (Fsp3) is 0.211. The van der Waals surface area contributed by atoms with Crippen molar-refractivity contribution in [2.75, 3.05) is 23.9 Å². The van der Waals surface area contributed by atoms with E-state index in [0.29, 0.717) is 23.7 Å². The Morgan fingerprint density at radius 1 is 1.27 bits per heavy atom. The lowest BCUT2D eigenvalue weighted by molar-refractivity contribution is -0.120. The molecule has 2 heterocycles. The fourth-order valence-corrected chi connectivity index (χ4v) is 3.75. The summed E-state index contributed by atoms with van der Waals surface area (Å²) in [5.74, 6) is 0.472. The zero-order valence-electron chi connectivity index (χ0n) is 14.2. The predicted molar refractivity (Wildman–Crippen MR) is 102 cm³/mol. The van der Waals surface area contributed by atoms with Crippen molar-refractivity contribution in [1.82, 2.24) is 4.98 Å². The predicted octanol–water partition coefficient (Wildman–Crippen LogP) is 3.22. The number of nitrogens with one attached hydrogen (secondary N) is 1. The van der Waals surface area contributed by atoms with E-state index >= 15 is 0 Å². The molecule has 26 heavy (non-hydrogen) atoms. The zero-order chi connectivity index (χ0) is 18.1. The Balaban J connectivity index is 1.42. The molecule has 7 heteroatoms. The van der Waals surface area contributed by atoms with Crippen LogP contribution in [0.15, 0.2) is 42.5 Å². The number of benzene rings is 2. The molecule has 0 bridgehead atoms. The highest BCUT2D eigenvalue weighted by Crippen LogP contribution is 2.29. The van der Waals surface area contributed by atoms with E-state index in [4.69, 9.17) is 4.74 Å². The number of thiazole rings is 1. The first-order valence-electron chi connectivity index (χ1n) is 8.28.